The predicted molar refractivity (Wildman–Crippen MR) is 130 cm³/mol. The Morgan fingerprint density at radius 1 is 1.21 bits per heavy atom. The van der Waals surface area contributed by atoms with Gasteiger partial charge < -0.3 is 15.6 Å². The molecule has 9 heteroatoms. The molecule has 1 saturated heterocycles. The van der Waals surface area contributed by atoms with Crippen molar-refractivity contribution in [1.29, 1.82) is 0 Å². The summed E-state index contributed by atoms with van der Waals surface area (Å²) in [4.78, 5) is 20.2. The maximum Gasteiger partial charge on any atom is 0.250 e. The zero-order chi connectivity index (χ0) is 23.6. The Labute approximate surface area is 193 Å². The number of carbonyl (C=O) groups excluding carboxylic acids is 1. The van der Waals surface area contributed by atoms with E-state index in [-0.39, 0.29) is 11.7 Å². The van der Waals surface area contributed by atoms with Crippen molar-refractivity contribution in [3.63, 3.8) is 0 Å². The van der Waals surface area contributed by atoms with Gasteiger partial charge in [-0.15, -0.1) is 0 Å². The number of benzene rings is 2. The molecule has 0 unspecified atom stereocenters. The number of piperidine rings is 1. The lowest BCUT2D eigenvalue weighted by Gasteiger charge is -2.31. The van der Waals surface area contributed by atoms with Crippen LogP contribution in [0, 0.1) is 0 Å². The van der Waals surface area contributed by atoms with Crippen molar-refractivity contribution >= 4 is 33.0 Å². The molecule has 0 aliphatic carbocycles. The molecule has 1 aliphatic heterocycles. The molecule has 0 radical (unpaired) electrons. The van der Waals surface area contributed by atoms with Gasteiger partial charge in [0.1, 0.15) is 7.11 Å². The Balaban J connectivity index is 1.70. The number of H-pyrrole nitrogens is 1. The summed E-state index contributed by atoms with van der Waals surface area (Å²) < 4.78 is 26.0. The molecule has 4 rings (SSSR count). The van der Waals surface area contributed by atoms with E-state index in [9.17, 15) is 13.2 Å². The second-order valence-electron chi connectivity index (χ2n) is 8.17. The molecule has 3 N–H and O–H groups in total. The van der Waals surface area contributed by atoms with Crippen LogP contribution in [0.2, 0.25) is 0 Å². The van der Waals surface area contributed by atoms with E-state index in [0.717, 1.165) is 40.5 Å². The topological polar surface area (TPSA) is 118 Å². The number of aromatic nitrogens is 1. The molecule has 1 fully saturated rings. The van der Waals surface area contributed by atoms with Gasteiger partial charge in [-0.1, -0.05) is 29.4 Å². The number of carbonyl (C=O) groups is 1. The van der Waals surface area contributed by atoms with Gasteiger partial charge in [-0.25, -0.2) is 12.7 Å². The predicted octanol–water partition coefficient (Wildman–Crippen LogP) is 3.44. The van der Waals surface area contributed by atoms with Crippen molar-refractivity contribution in [2.24, 2.45) is 10.9 Å². The van der Waals surface area contributed by atoms with E-state index >= 15 is 0 Å². The molecule has 174 valence electrons. The Bertz CT molecular complexity index is 1290. The molecule has 33 heavy (non-hydrogen) atoms. The molecule has 0 spiro atoms. The highest BCUT2D eigenvalue weighted by atomic mass is 32.2. The SMILES string of the molecule is CCS(=O)(=O)N1CCC(c2c[nH]c3c(C(N)=O)cc(-c4ccc(/C=N/OC)cc4)cc23)CC1. The Morgan fingerprint density at radius 2 is 1.91 bits per heavy atom. The van der Waals surface area contributed by atoms with Crippen LogP contribution in [0.15, 0.2) is 47.8 Å². The molecule has 1 aliphatic rings. The largest absolute Gasteiger partial charge is 0.399 e. The first-order valence-corrected chi connectivity index (χ1v) is 12.5. The van der Waals surface area contributed by atoms with Crippen LogP contribution in [0.3, 0.4) is 0 Å². The molecule has 1 aromatic heterocycles. The van der Waals surface area contributed by atoms with Gasteiger partial charge in [0.2, 0.25) is 10.0 Å². The summed E-state index contributed by atoms with van der Waals surface area (Å²) in [5.74, 6) is -0.180. The summed E-state index contributed by atoms with van der Waals surface area (Å²) in [7, 11) is -1.69. The number of amides is 1. The lowest BCUT2D eigenvalue weighted by atomic mass is 9.88. The van der Waals surface area contributed by atoms with Crippen LogP contribution in [0.4, 0.5) is 0 Å². The molecule has 0 bridgehead atoms. The van der Waals surface area contributed by atoms with Crippen molar-refractivity contribution < 1.29 is 18.0 Å². The number of nitrogens with zero attached hydrogens (tertiary/aromatic N) is 2. The van der Waals surface area contributed by atoms with Crippen molar-refractivity contribution in [3.8, 4) is 11.1 Å². The average molecular weight is 469 g/mol. The van der Waals surface area contributed by atoms with E-state index in [2.05, 4.69) is 16.2 Å². The molecule has 2 aromatic carbocycles. The minimum absolute atomic E-state index is 0.117. The van der Waals surface area contributed by atoms with Crippen LogP contribution in [0.5, 0.6) is 0 Å². The first-order chi connectivity index (χ1) is 15.8. The van der Waals surface area contributed by atoms with Crippen molar-refractivity contribution in [2.75, 3.05) is 26.0 Å². The zero-order valence-electron chi connectivity index (χ0n) is 18.7. The van der Waals surface area contributed by atoms with E-state index in [1.807, 2.05) is 30.5 Å². The number of aromatic amines is 1. The average Bonchev–Trinajstić information content (AvgIpc) is 3.26. The fourth-order valence-corrected chi connectivity index (χ4v) is 5.59. The van der Waals surface area contributed by atoms with E-state index in [4.69, 9.17) is 10.6 Å². The molecule has 0 saturated carbocycles. The van der Waals surface area contributed by atoms with Gasteiger partial charge in [-0.2, -0.15) is 0 Å². The number of oxime groups is 1. The second kappa shape index (κ2) is 9.36. The van der Waals surface area contributed by atoms with Crippen LogP contribution in [0.25, 0.3) is 22.0 Å². The van der Waals surface area contributed by atoms with E-state index < -0.39 is 15.9 Å². The number of hydrogen-bond donors (Lipinski definition) is 2. The maximum absolute atomic E-state index is 12.2. The second-order valence-corrected chi connectivity index (χ2v) is 10.4. The maximum atomic E-state index is 12.2. The quantitative estimate of drug-likeness (QED) is 0.408. The highest BCUT2D eigenvalue weighted by Gasteiger charge is 2.29. The molecule has 8 nitrogen and oxygen atoms in total. The van der Waals surface area contributed by atoms with Gasteiger partial charge in [-0.05, 0) is 60.1 Å². The van der Waals surface area contributed by atoms with Gasteiger partial charge in [0.05, 0.1) is 23.0 Å². The zero-order valence-corrected chi connectivity index (χ0v) is 19.6. The lowest BCUT2D eigenvalue weighted by molar-refractivity contribution is 0.100. The highest BCUT2D eigenvalue weighted by molar-refractivity contribution is 7.89. The molecular weight excluding hydrogens is 440 g/mol. The minimum atomic E-state index is -3.18. The van der Waals surface area contributed by atoms with Crippen molar-refractivity contribution in [3.05, 3.63) is 59.3 Å². The van der Waals surface area contributed by atoms with Gasteiger partial charge in [0, 0.05) is 24.7 Å². The van der Waals surface area contributed by atoms with E-state index in [0.29, 0.717) is 24.2 Å². The number of rotatable bonds is 7. The monoisotopic (exact) mass is 468 g/mol. The summed E-state index contributed by atoms with van der Waals surface area (Å²) in [6.07, 6.45) is 5.02. The minimum Gasteiger partial charge on any atom is -0.399 e. The number of fused-ring (bicyclic) bond motifs is 1. The Hall–Kier alpha value is -3.17. The number of sulfonamides is 1. The molecule has 2 heterocycles. The number of hydrogen-bond acceptors (Lipinski definition) is 5. The molecule has 3 aromatic rings. The third kappa shape index (κ3) is 4.65. The summed E-state index contributed by atoms with van der Waals surface area (Å²) in [6, 6.07) is 11.6. The van der Waals surface area contributed by atoms with Crippen LogP contribution in [-0.4, -0.2) is 55.8 Å². The van der Waals surface area contributed by atoms with Gasteiger partial charge in [0.25, 0.3) is 5.91 Å². The molecular formula is C24H28N4O4S. The van der Waals surface area contributed by atoms with Crippen LogP contribution >= 0.6 is 0 Å². The fourth-order valence-electron chi connectivity index (χ4n) is 4.45. The first kappa shape index (κ1) is 23.0. The smallest absolute Gasteiger partial charge is 0.250 e. The van der Waals surface area contributed by atoms with E-state index in [1.54, 1.807) is 23.5 Å². The standard InChI is InChI=1S/C24H28N4O4S/c1-3-33(30,31)28-10-8-18(9-11-28)22-15-26-23-20(22)12-19(13-21(23)24(25)29)17-6-4-16(5-7-17)14-27-32-2/h4-7,12-15,18,26H,3,8-11H2,1-2H3,(H2,25,29)/b27-14+. The van der Waals surface area contributed by atoms with Crippen LogP contribution in [-0.2, 0) is 14.9 Å². The fraction of sp³-hybridized carbons (Fsp3) is 0.333. The van der Waals surface area contributed by atoms with Crippen molar-refractivity contribution in [1.82, 2.24) is 9.29 Å². The van der Waals surface area contributed by atoms with Gasteiger partial charge in [-0.3, -0.25) is 4.79 Å². The molecule has 1 amide bonds. The Morgan fingerprint density at radius 3 is 2.52 bits per heavy atom. The Kier molecular flexibility index (Phi) is 6.53. The summed E-state index contributed by atoms with van der Waals surface area (Å²) in [5, 5.41) is 4.72. The third-order valence-corrected chi connectivity index (χ3v) is 8.17. The van der Waals surface area contributed by atoms with Crippen LogP contribution < -0.4 is 5.73 Å². The van der Waals surface area contributed by atoms with E-state index in [1.165, 1.54) is 7.11 Å². The molecule has 0 atom stereocenters. The summed E-state index contributed by atoms with van der Waals surface area (Å²) in [6.45, 7) is 2.67. The highest BCUT2D eigenvalue weighted by Crippen LogP contribution is 2.37. The third-order valence-electron chi connectivity index (χ3n) is 6.29. The number of nitrogens with two attached hydrogens (primary N) is 1. The van der Waals surface area contributed by atoms with Crippen LogP contribution in [0.1, 0.15) is 47.2 Å². The lowest BCUT2D eigenvalue weighted by Crippen LogP contribution is -2.38. The van der Waals surface area contributed by atoms with Crippen molar-refractivity contribution in [2.45, 2.75) is 25.7 Å². The first-order valence-electron chi connectivity index (χ1n) is 10.9. The number of primary amides is 1. The van der Waals surface area contributed by atoms with Gasteiger partial charge >= 0.3 is 0 Å². The summed E-state index contributed by atoms with van der Waals surface area (Å²) >= 11 is 0. The normalized spacial score (nSPS) is 15.9. The summed E-state index contributed by atoms with van der Waals surface area (Å²) in [5.41, 5.74) is 10.7. The number of nitrogens with one attached hydrogen (secondary N) is 1. The van der Waals surface area contributed by atoms with Gasteiger partial charge in [0.15, 0.2) is 0 Å².